The third-order valence-electron chi connectivity index (χ3n) is 2.67. The molecule has 0 saturated carbocycles. The van der Waals surface area contributed by atoms with Gasteiger partial charge < -0.3 is 0 Å². The molecule has 14 heteroatoms. The van der Waals surface area contributed by atoms with Crippen molar-refractivity contribution in [1.29, 1.82) is 0 Å². The average Bonchev–Trinajstić information content (AvgIpc) is 2.54. The Bertz CT molecular complexity index is 1050. The SMILES string of the molecule is O=[N+]([O-])c1cccc(S(=O)(=O)O)c1.O=[N+]([O-])c1ccccc1S(=O)(=O)O. The summed E-state index contributed by atoms with van der Waals surface area (Å²) in [6, 6.07) is 8.74. The van der Waals surface area contributed by atoms with E-state index in [-0.39, 0.29) is 5.69 Å². The van der Waals surface area contributed by atoms with E-state index in [9.17, 15) is 37.1 Å². The van der Waals surface area contributed by atoms with Gasteiger partial charge in [0.05, 0.1) is 9.85 Å². The smallest absolute Gasteiger partial charge is 0.282 e. The molecular formula is C12H10N2O10S2. The van der Waals surface area contributed by atoms with Crippen molar-refractivity contribution in [1.82, 2.24) is 0 Å². The molecule has 2 N–H and O–H groups in total. The van der Waals surface area contributed by atoms with Crippen LogP contribution in [-0.2, 0) is 20.2 Å². The average molecular weight is 406 g/mol. The van der Waals surface area contributed by atoms with E-state index in [0.717, 1.165) is 30.3 Å². The maximum absolute atomic E-state index is 10.6. The highest BCUT2D eigenvalue weighted by Crippen LogP contribution is 2.22. The maximum atomic E-state index is 10.6. The Balaban J connectivity index is 0.000000260. The lowest BCUT2D eigenvalue weighted by Crippen LogP contribution is -2.02. The maximum Gasteiger partial charge on any atom is 0.301 e. The van der Waals surface area contributed by atoms with Gasteiger partial charge in [0, 0.05) is 18.2 Å². The summed E-state index contributed by atoms with van der Waals surface area (Å²) in [6.07, 6.45) is 0. The Hall–Kier alpha value is -2.94. The summed E-state index contributed by atoms with van der Waals surface area (Å²) >= 11 is 0. The summed E-state index contributed by atoms with van der Waals surface area (Å²) in [7, 11) is -8.88. The van der Waals surface area contributed by atoms with Crippen molar-refractivity contribution in [2.24, 2.45) is 0 Å². The highest BCUT2D eigenvalue weighted by Gasteiger charge is 2.22. The van der Waals surface area contributed by atoms with Crippen LogP contribution in [0.15, 0.2) is 58.3 Å². The number of nitro groups is 2. The highest BCUT2D eigenvalue weighted by atomic mass is 32.2. The van der Waals surface area contributed by atoms with Crippen LogP contribution in [0.5, 0.6) is 0 Å². The second kappa shape index (κ2) is 7.96. The molecule has 12 nitrogen and oxygen atoms in total. The quantitative estimate of drug-likeness (QED) is 0.428. The molecule has 0 atom stereocenters. The number of hydrogen-bond acceptors (Lipinski definition) is 8. The molecule has 2 aromatic rings. The molecule has 0 heterocycles. The molecule has 0 spiro atoms. The van der Waals surface area contributed by atoms with E-state index >= 15 is 0 Å². The molecule has 0 saturated heterocycles. The van der Waals surface area contributed by atoms with Crippen molar-refractivity contribution >= 4 is 31.6 Å². The van der Waals surface area contributed by atoms with Gasteiger partial charge in [-0.05, 0) is 12.1 Å². The van der Waals surface area contributed by atoms with Gasteiger partial charge in [0.25, 0.3) is 21.5 Å². The van der Waals surface area contributed by atoms with Gasteiger partial charge in [-0.1, -0.05) is 18.2 Å². The molecule has 0 aromatic heterocycles. The number of rotatable bonds is 4. The van der Waals surface area contributed by atoms with Crippen LogP contribution in [-0.4, -0.2) is 35.8 Å². The summed E-state index contributed by atoms with van der Waals surface area (Å²) in [5, 5.41) is 20.5. The van der Waals surface area contributed by atoms with Crippen LogP contribution >= 0.6 is 0 Å². The summed E-state index contributed by atoms with van der Waals surface area (Å²) in [4.78, 5) is 17.7. The van der Waals surface area contributed by atoms with Gasteiger partial charge in [0.2, 0.25) is 0 Å². The van der Waals surface area contributed by atoms with Crippen LogP contribution < -0.4 is 0 Å². The van der Waals surface area contributed by atoms with Crippen LogP contribution in [0.25, 0.3) is 0 Å². The van der Waals surface area contributed by atoms with Gasteiger partial charge in [-0.25, -0.2) is 0 Å². The second-order valence-electron chi connectivity index (χ2n) is 4.43. The zero-order valence-electron chi connectivity index (χ0n) is 12.5. The Morgan fingerprint density at radius 2 is 1.35 bits per heavy atom. The van der Waals surface area contributed by atoms with Gasteiger partial charge in [0.1, 0.15) is 4.90 Å². The topological polar surface area (TPSA) is 195 Å². The molecule has 0 unspecified atom stereocenters. The van der Waals surface area contributed by atoms with E-state index in [0.29, 0.717) is 0 Å². The lowest BCUT2D eigenvalue weighted by Gasteiger charge is -1.97. The molecular weight excluding hydrogens is 396 g/mol. The molecule has 0 aliphatic heterocycles. The van der Waals surface area contributed by atoms with Crippen molar-refractivity contribution in [2.75, 3.05) is 0 Å². The van der Waals surface area contributed by atoms with E-state index in [4.69, 9.17) is 9.11 Å². The standard InChI is InChI=1S/2C6H5NO5S/c8-7(9)5-2-1-3-6(4-5)13(10,11)12;8-7(9)5-3-1-2-4-6(5)13(10,11)12/h2*1-4H,(H,10,11,12). The summed E-state index contributed by atoms with van der Waals surface area (Å²) in [6.45, 7) is 0. The van der Waals surface area contributed by atoms with Crippen molar-refractivity contribution in [2.45, 2.75) is 9.79 Å². The fraction of sp³-hybridized carbons (Fsp3) is 0. The highest BCUT2D eigenvalue weighted by molar-refractivity contribution is 7.86. The van der Waals surface area contributed by atoms with Crippen molar-refractivity contribution in [3.05, 3.63) is 68.8 Å². The van der Waals surface area contributed by atoms with Gasteiger partial charge in [-0.2, -0.15) is 16.8 Å². The molecule has 26 heavy (non-hydrogen) atoms. The minimum atomic E-state index is -4.52. The van der Waals surface area contributed by atoms with Crippen LogP contribution in [0.2, 0.25) is 0 Å². The predicted octanol–water partition coefficient (Wildman–Crippen LogP) is 1.68. The Kier molecular flexibility index (Phi) is 6.46. The van der Waals surface area contributed by atoms with E-state index in [1.54, 1.807) is 0 Å². The minimum absolute atomic E-state index is 0.380. The first-order valence-corrected chi connectivity index (χ1v) is 9.15. The fourth-order valence-electron chi connectivity index (χ4n) is 1.58. The summed E-state index contributed by atoms with van der Waals surface area (Å²) in [5.74, 6) is 0. The Labute approximate surface area is 146 Å². The third kappa shape index (κ3) is 5.85. The number of benzene rings is 2. The summed E-state index contributed by atoms with van der Waals surface area (Å²) in [5.41, 5.74) is -1.01. The molecule has 2 aromatic carbocycles. The predicted molar refractivity (Wildman–Crippen MR) is 85.8 cm³/mol. The van der Waals surface area contributed by atoms with E-state index in [1.165, 1.54) is 18.2 Å². The minimum Gasteiger partial charge on any atom is -0.282 e. The molecule has 140 valence electrons. The number of hydrogen-bond donors (Lipinski definition) is 2. The van der Waals surface area contributed by atoms with Gasteiger partial charge >= 0.3 is 10.1 Å². The number of non-ortho nitro benzene ring substituents is 1. The zero-order valence-corrected chi connectivity index (χ0v) is 14.1. The van der Waals surface area contributed by atoms with Crippen LogP contribution in [0.3, 0.4) is 0 Å². The summed E-state index contributed by atoms with van der Waals surface area (Å²) < 4.78 is 59.4. The Morgan fingerprint density at radius 3 is 1.77 bits per heavy atom. The number of nitro benzene ring substituents is 2. The largest absolute Gasteiger partial charge is 0.301 e. The first-order chi connectivity index (χ1) is 11.8. The monoisotopic (exact) mass is 406 g/mol. The van der Waals surface area contributed by atoms with E-state index in [1.807, 2.05) is 0 Å². The van der Waals surface area contributed by atoms with Crippen LogP contribution in [0.1, 0.15) is 0 Å². The fourth-order valence-corrected chi connectivity index (χ4v) is 2.76. The van der Waals surface area contributed by atoms with Crippen molar-refractivity contribution in [3.63, 3.8) is 0 Å². The van der Waals surface area contributed by atoms with E-state index < -0.39 is 45.6 Å². The molecule has 0 fully saturated rings. The first-order valence-electron chi connectivity index (χ1n) is 6.27. The molecule has 0 aliphatic rings. The zero-order chi connectivity index (χ0) is 20.1. The molecule has 0 aliphatic carbocycles. The van der Waals surface area contributed by atoms with Gasteiger partial charge in [-0.3, -0.25) is 29.3 Å². The van der Waals surface area contributed by atoms with Crippen LogP contribution in [0.4, 0.5) is 11.4 Å². The molecule has 0 radical (unpaired) electrons. The number of para-hydroxylation sites is 1. The van der Waals surface area contributed by atoms with Crippen LogP contribution in [0, 0.1) is 20.2 Å². The lowest BCUT2D eigenvalue weighted by molar-refractivity contribution is -0.387. The van der Waals surface area contributed by atoms with E-state index in [2.05, 4.69) is 0 Å². The Morgan fingerprint density at radius 1 is 0.769 bits per heavy atom. The molecule has 0 amide bonds. The third-order valence-corrected chi connectivity index (χ3v) is 4.42. The molecule has 2 rings (SSSR count). The van der Waals surface area contributed by atoms with Crippen molar-refractivity contribution < 1.29 is 35.8 Å². The van der Waals surface area contributed by atoms with Crippen molar-refractivity contribution in [3.8, 4) is 0 Å². The first kappa shape index (κ1) is 21.1. The second-order valence-corrected chi connectivity index (χ2v) is 7.24. The molecule has 0 bridgehead atoms. The van der Waals surface area contributed by atoms with Gasteiger partial charge in [0.15, 0.2) is 4.90 Å². The lowest BCUT2D eigenvalue weighted by atomic mass is 10.3. The normalized spacial score (nSPS) is 11.2. The number of nitrogens with zero attached hydrogens (tertiary/aromatic N) is 2. The van der Waals surface area contributed by atoms with Gasteiger partial charge in [-0.15, -0.1) is 0 Å².